The molecule has 21 heavy (non-hydrogen) atoms. The van der Waals surface area contributed by atoms with Gasteiger partial charge in [0.1, 0.15) is 5.75 Å². The molecule has 0 saturated heterocycles. The minimum absolute atomic E-state index is 0.302. The molecule has 0 aliphatic rings. The van der Waals surface area contributed by atoms with Crippen molar-refractivity contribution in [2.45, 2.75) is 13.3 Å². The van der Waals surface area contributed by atoms with E-state index in [2.05, 4.69) is 5.32 Å². The quantitative estimate of drug-likeness (QED) is 0.837. The summed E-state index contributed by atoms with van der Waals surface area (Å²) in [5.74, 6) is 0.335. The minimum atomic E-state index is -0.302. The van der Waals surface area contributed by atoms with Crippen molar-refractivity contribution in [3.8, 4) is 5.75 Å². The summed E-state index contributed by atoms with van der Waals surface area (Å²) in [7, 11) is 0. The van der Waals surface area contributed by atoms with Gasteiger partial charge in [0.15, 0.2) is 0 Å². The van der Waals surface area contributed by atoms with Crippen molar-refractivity contribution in [3.05, 3.63) is 58.1 Å². The Hall–Kier alpha value is -1.71. The standard InChI is InChI=1S/C16H15Cl2NO2/c1-2-9-21-15-6-4-3-5-14(15)19-16(20)12-8-7-11(17)10-13(12)18/h3-8,10H,2,9H2,1H3,(H,19,20). The van der Waals surface area contributed by atoms with E-state index in [0.717, 1.165) is 6.42 Å². The molecule has 110 valence electrons. The molecule has 0 aliphatic heterocycles. The number of nitrogens with one attached hydrogen (secondary N) is 1. The number of anilines is 1. The summed E-state index contributed by atoms with van der Waals surface area (Å²) in [5, 5.41) is 3.61. The molecule has 0 bridgehead atoms. The van der Waals surface area contributed by atoms with Crippen molar-refractivity contribution in [3.63, 3.8) is 0 Å². The topological polar surface area (TPSA) is 38.3 Å². The van der Waals surface area contributed by atoms with Gasteiger partial charge in [0.2, 0.25) is 0 Å². The summed E-state index contributed by atoms with van der Waals surface area (Å²) in [6.45, 7) is 2.61. The molecule has 0 unspecified atom stereocenters. The van der Waals surface area contributed by atoms with Crippen LogP contribution in [0.1, 0.15) is 23.7 Å². The van der Waals surface area contributed by atoms with Crippen molar-refractivity contribution >= 4 is 34.8 Å². The number of para-hydroxylation sites is 2. The average molecular weight is 324 g/mol. The van der Waals surface area contributed by atoms with E-state index in [1.165, 1.54) is 6.07 Å². The number of halogens is 2. The van der Waals surface area contributed by atoms with Gasteiger partial charge in [0.25, 0.3) is 5.91 Å². The number of hydrogen-bond acceptors (Lipinski definition) is 2. The SMILES string of the molecule is CCCOc1ccccc1NC(=O)c1ccc(Cl)cc1Cl. The zero-order valence-corrected chi connectivity index (χ0v) is 13.0. The first-order valence-electron chi connectivity index (χ1n) is 6.60. The minimum Gasteiger partial charge on any atom is -0.491 e. The third kappa shape index (κ3) is 4.13. The third-order valence-corrected chi connectivity index (χ3v) is 3.32. The predicted octanol–water partition coefficient (Wildman–Crippen LogP) is 5.03. The molecule has 2 aromatic rings. The van der Waals surface area contributed by atoms with E-state index in [4.69, 9.17) is 27.9 Å². The molecule has 0 aromatic heterocycles. The first-order valence-corrected chi connectivity index (χ1v) is 7.35. The fourth-order valence-electron chi connectivity index (χ4n) is 1.77. The van der Waals surface area contributed by atoms with Crippen molar-refractivity contribution in [2.24, 2.45) is 0 Å². The monoisotopic (exact) mass is 323 g/mol. The molecule has 5 heteroatoms. The maximum absolute atomic E-state index is 12.3. The Morgan fingerprint density at radius 1 is 1.19 bits per heavy atom. The van der Waals surface area contributed by atoms with Gasteiger partial charge in [-0.3, -0.25) is 4.79 Å². The van der Waals surface area contributed by atoms with E-state index in [9.17, 15) is 4.79 Å². The Bertz CT molecular complexity index is 644. The van der Waals surface area contributed by atoms with Crippen LogP contribution in [0.2, 0.25) is 10.0 Å². The highest BCUT2D eigenvalue weighted by Gasteiger charge is 2.13. The molecular weight excluding hydrogens is 309 g/mol. The molecular formula is C16H15Cl2NO2. The molecule has 1 amide bonds. The summed E-state index contributed by atoms with van der Waals surface area (Å²) in [6.07, 6.45) is 0.894. The normalized spacial score (nSPS) is 10.2. The summed E-state index contributed by atoms with van der Waals surface area (Å²) < 4.78 is 5.60. The van der Waals surface area contributed by atoms with Gasteiger partial charge in [-0.1, -0.05) is 42.3 Å². The highest BCUT2D eigenvalue weighted by Crippen LogP contribution is 2.26. The number of benzene rings is 2. The van der Waals surface area contributed by atoms with E-state index >= 15 is 0 Å². The Morgan fingerprint density at radius 3 is 2.67 bits per heavy atom. The summed E-state index contributed by atoms with van der Waals surface area (Å²) >= 11 is 11.9. The van der Waals surface area contributed by atoms with E-state index in [-0.39, 0.29) is 5.91 Å². The van der Waals surface area contributed by atoms with E-state index < -0.39 is 0 Å². The number of carbonyl (C=O) groups excluding carboxylic acids is 1. The number of rotatable bonds is 5. The first-order chi connectivity index (χ1) is 10.1. The zero-order valence-electron chi connectivity index (χ0n) is 11.5. The first kappa shape index (κ1) is 15.7. The second-order valence-electron chi connectivity index (χ2n) is 4.42. The highest BCUT2D eigenvalue weighted by atomic mass is 35.5. The molecule has 0 spiro atoms. The predicted molar refractivity (Wildman–Crippen MR) is 86.6 cm³/mol. The molecule has 0 fully saturated rings. The molecule has 0 radical (unpaired) electrons. The second kappa shape index (κ2) is 7.34. The van der Waals surface area contributed by atoms with Crippen LogP contribution in [0.5, 0.6) is 5.75 Å². The van der Waals surface area contributed by atoms with E-state index in [1.54, 1.807) is 18.2 Å². The van der Waals surface area contributed by atoms with Crippen molar-refractivity contribution < 1.29 is 9.53 Å². The van der Waals surface area contributed by atoms with Crippen LogP contribution in [0, 0.1) is 0 Å². The van der Waals surface area contributed by atoms with Crippen LogP contribution >= 0.6 is 23.2 Å². The number of carbonyl (C=O) groups is 1. The van der Waals surface area contributed by atoms with Gasteiger partial charge in [0, 0.05) is 5.02 Å². The molecule has 1 N–H and O–H groups in total. The van der Waals surface area contributed by atoms with Crippen LogP contribution in [0.4, 0.5) is 5.69 Å². The molecule has 0 saturated carbocycles. The van der Waals surface area contributed by atoms with Gasteiger partial charge in [-0.2, -0.15) is 0 Å². The maximum Gasteiger partial charge on any atom is 0.257 e. The third-order valence-electron chi connectivity index (χ3n) is 2.77. The van der Waals surface area contributed by atoms with Crippen LogP contribution in [-0.2, 0) is 0 Å². The molecule has 3 nitrogen and oxygen atoms in total. The lowest BCUT2D eigenvalue weighted by Crippen LogP contribution is -2.13. The van der Waals surface area contributed by atoms with Gasteiger partial charge in [-0.05, 0) is 36.8 Å². The lowest BCUT2D eigenvalue weighted by molar-refractivity contribution is 0.102. The highest BCUT2D eigenvalue weighted by molar-refractivity contribution is 6.37. The average Bonchev–Trinajstić information content (AvgIpc) is 2.46. The van der Waals surface area contributed by atoms with Crippen molar-refractivity contribution in [1.82, 2.24) is 0 Å². The molecule has 0 atom stereocenters. The van der Waals surface area contributed by atoms with Crippen molar-refractivity contribution in [2.75, 3.05) is 11.9 Å². The van der Waals surface area contributed by atoms with Gasteiger partial charge in [0.05, 0.1) is 22.9 Å². The number of hydrogen-bond donors (Lipinski definition) is 1. The lowest BCUT2D eigenvalue weighted by Gasteiger charge is -2.12. The summed E-state index contributed by atoms with van der Waals surface area (Å²) in [6, 6.07) is 12.0. The van der Waals surface area contributed by atoms with Crippen LogP contribution in [0.3, 0.4) is 0 Å². The van der Waals surface area contributed by atoms with Gasteiger partial charge < -0.3 is 10.1 Å². The zero-order chi connectivity index (χ0) is 15.2. The largest absolute Gasteiger partial charge is 0.491 e. The Morgan fingerprint density at radius 2 is 1.95 bits per heavy atom. The smallest absolute Gasteiger partial charge is 0.257 e. The van der Waals surface area contributed by atoms with Gasteiger partial charge in [-0.15, -0.1) is 0 Å². The van der Waals surface area contributed by atoms with E-state index in [0.29, 0.717) is 33.7 Å². The Labute approximate surface area is 133 Å². The van der Waals surface area contributed by atoms with Gasteiger partial charge in [-0.25, -0.2) is 0 Å². The maximum atomic E-state index is 12.3. The Kier molecular flexibility index (Phi) is 5.48. The number of amides is 1. The lowest BCUT2D eigenvalue weighted by atomic mass is 10.2. The summed E-state index contributed by atoms with van der Waals surface area (Å²) in [5.41, 5.74) is 0.980. The fourth-order valence-corrected chi connectivity index (χ4v) is 2.27. The number of ether oxygens (including phenoxy) is 1. The molecule has 2 rings (SSSR count). The molecule has 0 heterocycles. The molecule has 2 aromatic carbocycles. The van der Waals surface area contributed by atoms with Crippen LogP contribution in [0.15, 0.2) is 42.5 Å². The Balaban J connectivity index is 2.19. The van der Waals surface area contributed by atoms with Crippen LogP contribution < -0.4 is 10.1 Å². The summed E-state index contributed by atoms with van der Waals surface area (Å²) in [4.78, 5) is 12.3. The molecule has 0 aliphatic carbocycles. The van der Waals surface area contributed by atoms with Crippen LogP contribution in [0.25, 0.3) is 0 Å². The fraction of sp³-hybridized carbons (Fsp3) is 0.188. The van der Waals surface area contributed by atoms with E-state index in [1.807, 2.05) is 25.1 Å². The van der Waals surface area contributed by atoms with Crippen LogP contribution in [-0.4, -0.2) is 12.5 Å². The van der Waals surface area contributed by atoms with Crippen molar-refractivity contribution in [1.29, 1.82) is 0 Å². The van der Waals surface area contributed by atoms with Gasteiger partial charge >= 0.3 is 0 Å². The second-order valence-corrected chi connectivity index (χ2v) is 5.27.